The average Bonchev–Trinajstić information content (AvgIpc) is 3.15. The number of rotatable bonds is 1. The number of aryl methyl sites for hydroxylation is 1. The molecule has 0 bridgehead atoms. The number of nitrogens with zero attached hydrogens (tertiary/aromatic N) is 4. The normalized spacial score (nSPS) is 20.8. The van der Waals surface area contributed by atoms with Gasteiger partial charge in [-0.1, -0.05) is 0 Å². The first-order valence-corrected chi connectivity index (χ1v) is 7.29. The van der Waals surface area contributed by atoms with Gasteiger partial charge in [0, 0.05) is 25.1 Å². The third-order valence-electron chi connectivity index (χ3n) is 4.28. The molecule has 0 aromatic carbocycles. The highest BCUT2D eigenvalue weighted by Gasteiger charge is 2.27. The number of fused-ring (bicyclic) bond motifs is 2. The molecule has 2 aliphatic rings. The highest BCUT2D eigenvalue weighted by molar-refractivity contribution is 5.74. The van der Waals surface area contributed by atoms with Gasteiger partial charge in [0.15, 0.2) is 5.82 Å². The summed E-state index contributed by atoms with van der Waals surface area (Å²) >= 11 is 0. The Balaban J connectivity index is 1.46. The van der Waals surface area contributed by atoms with Gasteiger partial charge in [0.25, 0.3) is 0 Å². The van der Waals surface area contributed by atoms with E-state index < -0.39 is 0 Å². The van der Waals surface area contributed by atoms with E-state index in [1.807, 2.05) is 10.6 Å². The Bertz CT molecular complexity index is 662. The Morgan fingerprint density at radius 1 is 1.43 bits per heavy atom. The second kappa shape index (κ2) is 4.91. The molecular formula is C14H17N5O2. The number of carbonyl (C=O) groups excluding carboxylic acids is 1. The molecule has 21 heavy (non-hydrogen) atoms. The maximum atomic E-state index is 12.5. The number of hydrogen-bond acceptors (Lipinski definition) is 4. The first-order valence-electron chi connectivity index (χ1n) is 7.29. The first-order chi connectivity index (χ1) is 10.3. The van der Waals surface area contributed by atoms with Crippen molar-refractivity contribution in [1.29, 1.82) is 0 Å². The van der Waals surface area contributed by atoms with Crippen LogP contribution in [0.4, 0.5) is 4.79 Å². The molecule has 7 heteroatoms. The van der Waals surface area contributed by atoms with Crippen LogP contribution in [-0.4, -0.2) is 32.2 Å². The monoisotopic (exact) mass is 287 g/mol. The number of amides is 2. The molecule has 110 valence electrons. The number of urea groups is 1. The smallest absolute Gasteiger partial charge is 0.318 e. The summed E-state index contributed by atoms with van der Waals surface area (Å²) in [6, 6.07) is 1.98. The largest absolute Gasteiger partial charge is 0.469 e. The van der Waals surface area contributed by atoms with E-state index in [1.165, 1.54) is 0 Å². The number of nitrogens with one attached hydrogen (secondary N) is 1. The van der Waals surface area contributed by atoms with E-state index in [0.29, 0.717) is 13.1 Å². The Kier molecular flexibility index (Phi) is 2.90. The fourth-order valence-electron chi connectivity index (χ4n) is 3.12. The van der Waals surface area contributed by atoms with Gasteiger partial charge in [0.1, 0.15) is 12.1 Å². The van der Waals surface area contributed by atoms with Crippen LogP contribution in [0, 0.1) is 0 Å². The quantitative estimate of drug-likeness (QED) is 0.861. The second-order valence-electron chi connectivity index (χ2n) is 5.56. The number of aromatic nitrogens is 3. The summed E-state index contributed by atoms with van der Waals surface area (Å²) in [5.41, 5.74) is 1.12. The van der Waals surface area contributed by atoms with E-state index in [0.717, 1.165) is 43.0 Å². The molecule has 7 nitrogen and oxygen atoms in total. The molecule has 0 spiro atoms. The summed E-state index contributed by atoms with van der Waals surface area (Å²) < 4.78 is 7.45. The van der Waals surface area contributed by atoms with Crippen LogP contribution in [-0.2, 0) is 19.5 Å². The molecule has 1 unspecified atom stereocenters. The van der Waals surface area contributed by atoms with Gasteiger partial charge in [0.2, 0.25) is 0 Å². The van der Waals surface area contributed by atoms with Gasteiger partial charge in [-0.2, -0.15) is 0 Å². The Hall–Kier alpha value is -2.31. The molecule has 1 atom stereocenters. The summed E-state index contributed by atoms with van der Waals surface area (Å²) in [6.07, 6.45) is 6.38. The molecule has 0 radical (unpaired) electrons. The molecule has 2 aromatic rings. The van der Waals surface area contributed by atoms with Crippen LogP contribution in [0.3, 0.4) is 0 Å². The standard InChI is InChI=1S/C14H17N5O2/c20-14(18-5-6-19-9-15-17-13(19)8-18)16-11-2-1-3-12-10(11)4-7-21-12/h4,7,9,11H,1-3,5-6,8H2,(H,16,20). The maximum Gasteiger partial charge on any atom is 0.318 e. The average molecular weight is 287 g/mol. The number of carbonyl (C=O) groups is 1. The lowest BCUT2D eigenvalue weighted by Gasteiger charge is -2.30. The van der Waals surface area contributed by atoms with E-state index in [2.05, 4.69) is 15.5 Å². The second-order valence-corrected chi connectivity index (χ2v) is 5.56. The molecule has 0 saturated heterocycles. The van der Waals surface area contributed by atoms with Gasteiger partial charge < -0.3 is 19.2 Å². The Labute approximate surface area is 121 Å². The summed E-state index contributed by atoms with van der Waals surface area (Å²) in [6.45, 7) is 1.94. The van der Waals surface area contributed by atoms with E-state index in [4.69, 9.17) is 4.42 Å². The zero-order valence-corrected chi connectivity index (χ0v) is 11.7. The van der Waals surface area contributed by atoms with Crippen molar-refractivity contribution in [2.45, 2.75) is 38.4 Å². The summed E-state index contributed by atoms with van der Waals surface area (Å²) in [4.78, 5) is 14.2. The van der Waals surface area contributed by atoms with Crippen molar-refractivity contribution in [2.24, 2.45) is 0 Å². The molecule has 1 aliphatic heterocycles. The lowest BCUT2D eigenvalue weighted by molar-refractivity contribution is 0.176. The van der Waals surface area contributed by atoms with Gasteiger partial charge in [-0.15, -0.1) is 10.2 Å². The van der Waals surface area contributed by atoms with Crippen molar-refractivity contribution < 1.29 is 9.21 Å². The summed E-state index contributed by atoms with van der Waals surface area (Å²) in [7, 11) is 0. The van der Waals surface area contributed by atoms with Crippen molar-refractivity contribution in [1.82, 2.24) is 25.0 Å². The minimum absolute atomic E-state index is 0.0386. The van der Waals surface area contributed by atoms with Gasteiger partial charge in [-0.3, -0.25) is 0 Å². The molecule has 1 aliphatic carbocycles. The molecule has 0 fully saturated rings. The van der Waals surface area contributed by atoms with Gasteiger partial charge >= 0.3 is 6.03 Å². The summed E-state index contributed by atoms with van der Waals surface area (Å²) in [5.74, 6) is 1.84. The zero-order chi connectivity index (χ0) is 14.2. The van der Waals surface area contributed by atoms with Crippen molar-refractivity contribution in [3.63, 3.8) is 0 Å². The van der Waals surface area contributed by atoms with E-state index in [-0.39, 0.29) is 12.1 Å². The van der Waals surface area contributed by atoms with Crippen LogP contribution in [0.5, 0.6) is 0 Å². The molecule has 2 amide bonds. The molecule has 4 rings (SSSR count). The van der Waals surface area contributed by atoms with Crippen molar-refractivity contribution in [3.05, 3.63) is 35.8 Å². The van der Waals surface area contributed by atoms with Gasteiger partial charge in [-0.25, -0.2) is 4.79 Å². The predicted molar refractivity (Wildman–Crippen MR) is 73.4 cm³/mol. The van der Waals surface area contributed by atoms with E-state index >= 15 is 0 Å². The maximum absolute atomic E-state index is 12.5. The van der Waals surface area contributed by atoms with Gasteiger partial charge in [0.05, 0.1) is 18.8 Å². The predicted octanol–water partition coefficient (Wildman–Crippen LogP) is 1.47. The van der Waals surface area contributed by atoms with Gasteiger partial charge in [-0.05, 0) is 18.9 Å². The fraction of sp³-hybridized carbons (Fsp3) is 0.500. The van der Waals surface area contributed by atoms with Crippen molar-refractivity contribution in [2.75, 3.05) is 6.54 Å². The van der Waals surface area contributed by atoms with E-state index in [1.54, 1.807) is 17.5 Å². The van der Waals surface area contributed by atoms with Crippen LogP contribution in [0.2, 0.25) is 0 Å². The molecule has 1 N–H and O–H groups in total. The minimum atomic E-state index is -0.0386. The lowest BCUT2D eigenvalue weighted by Crippen LogP contribution is -2.45. The fourth-order valence-corrected chi connectivity index (χ4v) is 3.12. The first kappa shape index (κ1) is 12.4. The highest BCUT2D eigenvalue weighted by atomic mass is 16.3. The number of hydrogen-bond donors (Lipinski definition) is 1. The minimum Gasteiger partial charge on any atom is -0.469 e. The van der Waals surface area contributed by atoms with Crippen LogP contribution < -0.4 is 5.32 Å². The third kappa shape index (κ3) is 2.18. The molecule has 3 heterocycles. The van der Waals surface area contributed by atoms with Crippen LogP contribution in [0.1, 0.15) is 36.0 Å². The summed E-state index contributed by atoms with van der Waals surface area (Å²) in [5, 5.41) is 11.0. The van der Waals surface area contributed by atoms with Crippen molar-refractivity contribution in [3.8, 4) is 0 Å². The Morgan fingerprint density at radius 3 is 3.33 bits per heavy atom. The topological polar surface area (TPSA) is 76.2 Å². The van der Waals surface area contributed by atoms with Crippen LogP contribution in [0.25, 0.3) is 0 Å². The van der Waals surface area contributed by atoms with E-state index in [9.17, 15) is 4.79 Å². The highest BCUT2D eigenvalue weighted by Crippen LogP contribution is 2.30. The van der Waals surface area contributed by atoms with Crippen molar-refractivity contribution >= 4 is 6.03 Å². The van der Waals surface area contributed by atoms with Crippen LogP contribution >= 0.6 is 0 Å². The zero-order valence-electron chi connectivity index (χ0n) is 11.7. The molecule has 2 aromatic heterocycles. The SMILES string of the molecule is O=C(NC1CCCc2occc21)N1CCn2cnnc2C1. The molecule has 0 saturated carbocycles. The number of furan rings is 1. The Morgan fingerprint density at radius 2 is 2.38 bits per heavy atom. The lowest BCUT2D eigenvalue weighted by atomic mass is 9.93. The third-order valence-corrected chi connectivity index (χ3v) is 4.28. The molecular weight excluding hydrogens is 270 g/mol. The van der Waals surface area contributed by atoms with Crippen LogP contribution in [0.15, 0.2) is 23.1 Å².